The zero-order chi connectivity index (χ0) is 39.1. The van der Waals surface area contributed by atoms with E-state index in [0.29, 0.717) is 29.0 Å². The van der Waals surface area contributed by atoms with Gasteiger partial charge in [0, 0.05) is 30.4 Å². The van der Waals surface area contributed by atoms with E-state index in [1.165, 1.54) is 12.1 Å². The Morgan fingerprint density at radius 2 is 1.83 bits per heavy atom. The molecule has 0 bridgehead atoms. The lowest BCUT2D eigenvalue weighted by molar-refractivity contribution is -0.143. The number of carbonyl (C=O) groups is 4. The summed E-state index contributed by atoms with van der Waals surface area (Å²) in [5, 5.41) is 29.4. The Labute approximate surface area is 321 Å². The van der Waals surface area contributed by atoms with Gasteiger partial charge in [-0.05, 0) is 79.9 Å². The summed E-state index contributed by atoms with van der Waals surface area (Å²) < 4.78 is 13.9. The number of carbonyl (C=O) groups excluding carboxylic acids is 3. The first kappa shape index (κ1) is 41.0. The van der Waals surface area contributed by atoms with Gasteiger partial charge < -0.3 is 25.7 Å². The summed E-state index contributed by atoms with van der Waals surface area (Å²) in [5.74, 6) is -3.63. The molecule has 0 spiro atoms. The first-order valence-corrected chi connectivity index (χ1v) is 20.0. The lowest BCUT2D eigenvalue weighted by Crippen LogP contribution is -2.58. The number of nitrogens with one attached hydrogen (secondary N) is 2. The van der Waals surface area contributed by atoms with Gasteiger partial charge in [-0.25, -0.2) is 9.37 Å². The molecule has 292 valence electrons. The molecule has 11 nitrogen and oxygen atoms in total. The fourth-order valence-corrected chi connectivity index (χ4v) is 8.53. The van der Waals surface area contributed by atoms with Crippen LogP contribution in [-0.4, -0.2) is 86.4 Å². The number of amides is 3. The Kier molecular flexibility index (Phi) is 14.0. The summed E-state index contributed by atoms with van der Waals surface area (Å²) in [6, 6.07) is 11.7. The number of aromatic nitrogens is 1. The summed E-state index contributed by atoms with van der Waals surface area (Å²) in [6.45, 7) is 9.08. The Morgan fingerprint density at radius 1 is 1.09 bits per heavy atom. The van der Waals surface area contributed by atoms with E-state index in [2.05, 4.69) is 20.5 Å². The number of piperidine rings is 1. The van der Waals surface area contributed by atoms with E-state index < -0.39 is 47.8 Å². The van der Waals surface area contributed by atoms with Gasteiger partial charge in [-0.2, -0.15) is 0 Å². The molecule has 3 unspecified atom stereocenters. The molecule has 2 heterocycles. The number of thiazole rings is 1. The minimum atomic E-state index is -1.10. The van der Waals surface area contributed by atoms with E-state index >= 15 is 0 Å². The average molecular weight is 764 g/mol. The molecule has 5 rings (SSSR count). The number of carboxylic acid groups (broad SMARTS) is 1. The Balaban J connectivity index is 1.34. The van der Waals surface area contributed by atoms with Gasteiger partial charge in [-0.15, -0.1) is 11.3 Å². The SMILES string of the molecule is CCC(C)C(NC(=O)C1CCCCN1C)C(=O)N(Cc1ccccc1)[C@H](C[C@@H](O)c1nc(C(=O)N[C@H]2Cc3ccc(F)cc3[C@H](C(=O)O)C2)cs1)C(C)C. The number of aliphatic hydroxyl groups excluding tert-OH is 1. The highest BCUT2D eigenvalue weighted by Gasteiger charge is 2.38. The predicted octanol–water partition coefficient (Wildman–Crippen LogP) is 5.69. The molecular formula is C41H54FN5O6S. The number of likely N-dealkylation sites (N-methyl/N-ethyl adjacent to an activating group) is 1. The molecule has 54 heavy (non-hydrogen) atoms. The lowest BCUT2D eigenvalue weighted by Gasteiger charge is -2.40. The fraction of sp³-hybridized carbons (Fsp3) is 0.537. The maximum Gasteiger partial charge on any atom is 0.311 e. The number of rotatable bonds is 15. The molecule has 1 fully saturated rings. The Morgan fingerprint density at radius 3 is 2.50 bits per heavy atom. The molecule has 1 saturated heterocycles. The lowest BCUT2D eigenvalue weighted by atomic mass is 9.80. The number of benzene rings is 2. The number of likely N-dealkylation sites (tertiary alicyclic amines) is 1. The summed E-state index contributed by atoms with van der Waals surface area (Å²) in [6.07, 6.45) is 2.91. The van der Waals surface area contributed by atoms with Crippen molar-refractivity contribution in [1.29, 1.82) is 0 Å². The standard InChI is InChI=1S/C41H54FN5O6S/c1-6-25(4)36(45-38(50)33-14-10-11-17-46(33)5)40(51)47(22-26-12-8-7-9-13-26)34(24(2)3)21-35(48)39-44-32(23-54-39)37(49)43-29-18-27-15-16-28(42)19-30(27)31(20-29)41(52)53/h7-9,12-13,15-16,19,23-25,29,31,33-36,48H,6,10-11,14,17-18,20-22H2,1-5H3,(H,43,49)(H,45,50)(H,52,53)/t25?,29-,31+,33?,34+,35+,36?/m0/s1. The van der Waals surface area contributed by atoms with Crippen LogP contribution in [0, 0.1) is 17.7 Å². The molecule has 2 aromatic carbocycles. The average Bonchev–Trinajstić information content (AvgIpc) is 3.66. The van der Waals surface area contributed by atoms with Crippen LogP contribution >= 0.6 is 11.3 Å². The van der Waals surface area contributed by atoms with E-state index in [1.807, 2.05) is 65.1 Å². The zero-order valence-electron chi connectivity index (χ0n) is 31.8. The molecule has 4 N–H and O–H groups in total. The second-order valence-electron chi connectivity index (χ2n) is 15.3. The van der Waals surface area contributed by atoms with Gasteiger partial charge in [0.2, 0.25) is 11.8 Å². The molecule has 3 aromatic rings. The van der Waals surface area contributed by atoms with Crippen LogP contribution in [-0.2, 0) is 27.3 Å². The first-order valence-electron chi connectivity index (χ1n) is 19.1. The van der Waals surface area contributed by atoms with Crippen molar-refractivity contribution in [3.63, 3.8) is 0 Å². The Bertz CT molecular complexity index is 1770. The second-order valence-corrected chi connectivity index (χ2v) is 16.2. The van der Waals surface area contributed by atoms with E-state index in [9.17, 15) is 33.8 Å². The van der Waals surface area contributed by atoms with Gasteiger partial charge in [0.15, 0.2) is 0 Å². The van der Waals surface area contributed by atoms with Gasteiger partial charge in [-0.1, -0.05) is 76.9 Å². The van der Waals surface area contributed by atoms with E-state index in [1.54, 1.807) is 16.3 Å². The highest BCUT2D eigenvalue weighted by molar-refractivity contribution is 7.09. The Hall–Kier alpha value is -4.20. The summed E-state index contributed by atoms with van der Waals surface area (Å²) >= 11 is 1.14. The van der Waals surface area contributed by atoms with Crippen LogP contribution in [0.3, 0.4) is 0 Å². The number of hydrogen-bond donors (Lipinski definition) is 4. The smallest absolute Gasteiger partial charge is 0.311 e. The molecule has 0 saturated carbocycles. The van der Waals surface area contributed by atoms with Gasteiger partial charge in [-0.3, -0.25) is 24.1 Å². The van der Waals surface area contributed by atoms with Crippen LogP contribution in [0.1, 0.15) is 110 Å². The van der Waals surface area contributed by atoms with Crippen molar-refractivity contribution in [3.8, 4) is 0 Å². The quantitative estimate of drug-likeness (QED) is 0.154. The molecule has 2 aliphatic rings. The van der Waals surface area contributed by atoms with E-state index in [-0.39, 0.29) is 54.8 Å². The minimum Gasteiger partial charge on any atom is -0.481 e. The normalized spacial score (nSPS) is 21.0. The van der Waals surface area contributed by atoms with Crippen molar-refractivity contribution in [3.05, 3.63) is 87.1 Å². The van der Waals surface area contributed by atoms with Crippen molar-refractivity contribution in [2.75, 3.05) is 13.6 Å². The van der Waals surface area contributed by atoms with E-state index in [0.717, 1.165) is 42.7 Å². The van der Waals surface area contributed by atoms with E-state index in [4.69, 9.17) is 0 Å². The van der Waals surface area contributed by atoms with Crippen LogP contribution < -0.4 is 10.6 Å². The van der Waals surface area contributed by atoms with Crippen molar-refractivity contribution in [2.45, 2.75) is 115 Å². The highest BCUT2D eigenvalue weighted by Crippen LogP contribution is 2.34. The van der Waals surface area contributed by atoms with Crippen LogP contribution in [0.25, 0.3) is 0 Å². The number of halogens is 1. The van der Waals surface area contributed by atoms with Gasteiger partial charge in [0.25, 0.3) is 5.91 Å². The third-order valence-corrected chi connectivity index (χ3v) is 12.1. The van der Waals surface area contributed by atoms with Crippen molar-refractivity contribution in [2.24, 2.45) is 11.8 Å². The third-order valence-electron chi connectivity index (χ3n) is 11.1. The van der Waals surface area contributed by atoms with Gasteiger partial charge in [0.1, 0.15) is 28.7 Å². The predicted molar refractivity (Wildman–Crippen MR) is 205 cm³/mol. The monoisotopic (exact) mass is 763 g/mol. The maximum absolute atomic E-state index is 14.7. The molecule has 1 aromatic heterocycles. The maximum atomic E-state index is 14.7. The zero-order valence-corrected chi connectivity index (χ0v) is 32.7. The molecule has 1 aliphatic heterocycles. The molecule has 13 heteroatoms. The number of fused-ring (bicyclic) bond motifs is 1. The molecule has 1 aliphatic carbocycles. The van der Waals surface area contributed by atoms with Crippen LogP contribution in [0.5, 0.6) is 0 Å². The fourth-order valence-electron chi connectivity index (χ4n) is 7.73. The highest BCUT2D eigenvalue weighted by atomic mass is 32.1. The first-order chi connectivity index (χ1) is 25.8. The van der Waals surface area contributed by atoms with Crippen LogP contribution in [0.4, 0.5) is 4.39 Å². The van der Waals surface area contributed by atoms with Crippen LogP contribution in [0.15, 0.2) is 53.9 Å². The molecule has 3 amide bonds. The second kappa shape index (κ2) is 18.4. The minimum absolute atomic E-state index is 0.0855. The van der Waals surface area contributed by atoms with Gasteiger partial charge >= 0.3 is 5.97 Å². The van der Waals surface area contributed by atoms with Crippen molar-refractivity contribution in [1.82, 2.24) is 25.4 Å². The van der Waals surface area contributed by atoms with Crippen molar-refractivity contribution < 1.29 is 33.8 Å². The number of aliphatic carboxylic acids is 1. The van der Waals surface area contributed by atoms with Crippen molar-refractivity contribution >= 4 is 35.0 Å². The summed E-state index contributed by atoms with van der Waals surface area (Å²) in [7, 11) is 1.95. The summed E-state index contributed by atoms with van der Waals surface area (Å²) in [4.78, 5) is 62.1. The van der Waals surface area contributed by atoms with Gasteiger partial charge in [0.05, 0.1) is 12.0 Å². The number of hydrogen-bond acceptors (Lipinski definition) is 8. The number of nitrogens with zero attached hydrogens (tertiary/aromatic N) is 3. The third kappa shape index (κ3) is 9.91. The largest absolute Gasteiger partial charge is 0.481 e. The number of carboxylic acids is 1. The van der Waals surface area contributed by atoms with Crippen LogP contribution in [0.2, 0.25) is 0 Å². The number of aliphatic hydroxyl groups is 1. The molecule has 0 radical (unpaired) electrons. The summed E-state index contributed by atoms with van der Waals surface area (Å²) in [5.41, 5.74) is 2.10. The molecule has 7 atom stereocenters. The molecular weight excluding hydrogens is 710 g/mol. The topological polar surface area (TPSA) is 152 Å².